The highest BCUT2D eigenvalue weighted by molar-refractivity contribution is 5.74. The van der Waals surface area contributed by atoms with E-state index < -0.39 is 18.0 Å². The standard InChI is InChI=1S/C18H25NO5/c1-4-6-11-24-18(22)14(12-19-10-5-2)16(20)13-8-7-9-15(23-3)17(13)21/h2,7-9,14,16,19-21H,4,6,10-12H2,1,3H3. The van der Waals surface area contributed by atoms with E-state index in [1.54, 1.807) is 12.1 Å². The fourth-order valence-electron chi connectivity index (χ4n) is 2.21. The minimum Gasteiger partial charge on any atom is -0.504 e. The van der Waals surface area contributed by atoms with Gasteiger partial charge in [-0.15, -0.1) is 6.42 Å². The smallest absolute Gasteiger partial charge is 0.313 e. The van der Waals surface area contributed by atoms with Crippen molar-refractivity contribution in [1.82, 2.24) is 5.32 Å². The van der Waals surface area contributed by atoms with E-state index in [1.165, 1.54) is 13.2 Å². The molecule has 0 aliphatic carbocycles. The highest BCUT2D eigenvalue weighted by Crippen LogP contribution is 2.36. The quantitative estimate of drug-likeness (QED) is 0.342. The monoisotopic (exact) mass is 335 g/mol. The Morgan fingerprint density at radius 1 is 1.46 bits per heavy atom. The number of phenols is 1. The molecule has 6 nitrogen and oxygen atoms in total. The van der Waals surface area contributed by atoms with Gasteiger partial charge in [0.15, 0.2) is 11.5 Å². The maximum Gasteiger partial charge on any atom is 0.313 e. The predicted octanol–water partition coefficient (Wildman–Crippen LogP) is 1.62. The number of esters is 1. The number of ether oxygens (including phenoxy) is 2. The van der Waals surface area contributed by atoms with Crippen LogP contribution in [-0.2, 0) is 9.53 Å². The molecule has 1 aromatic rings. The van der Waals surface area contributed by atoms with Crippen LogP contribution in [0.1, 0.15) is 31.4 Å². The summed E-state index contributed by atoms with van der Waals surface area (Å²) in [6, 6.07) is 4.73. The molecule has 6 heteroatoms. The first-order valence-corrected chi connectivity index (χ1v) is 7.91. The van der Waals surface area contributed by atoms with E-state index in [2.05, 4.69) is 11.2 Å². The Morgan fingerprint density at radius 2 is 2.21 bits per heavy atom. The van der Waals surface area contributed by atoms with Gasteiger partial charge in [-0.1, -0.05) is 31.4 Å². The fraction of sp³-hybridized carbons (Fsp3) is 0.500. The van der Waals surface area contributed by atoms with Crippen molar-refractivity contribution >= 4 is 5.97 Å². The van der Waals surface area contributed by atoms with Crippen LogP contribution in [0.4, 0.5) is 0 Å². The molecule has 0 bridgehead atoms. The van der Waals surface area contributed by atoms with Crippen LogP contribution in [0.3, 0.4) is 0 Å². The largest absolute Gasteiger partial charge is 0.504 e. The number of hydrogen-bond acceptors (Lipinski definition) is 6. The van der Waals surface area contributed by atoms with E-state index in [4.69, 9.17) is 15.9 Å². The van der Waals surface area contributed by atoms with Crippen molar-refractivity contribution in [3.63, 3.8) is 0 Å². The van der Waals surface area contributed by atoms with E-state index in [9.17, 15) is 15.0 Å². The summed E-state index contributed by atoms with van der Waals surface area (Å²) in [6.07, 6.45) is 5.58. The minimum absolute atomic E-state index is 0.132. The highest BCUT2D eigenvalue weighted by atomic mass is 16.5. The van der Waals surface area contributed by atoms with E-state index >= 15 is 0 Å². The van der Waals surface area contributed by atoms with Crippen LogP contribution < -0.4 is 10.1 Å². The number of benzene rings is 1. The Bertz CT molecular complexity index is 567. The van der Waals surface area contributed by atoms with Crippen molar-refractivity contribution in [2.24, 2.45) is 5.92 Å². The Balaban J connectivity index is 2.95. The lowest BCUT2D eigenvalue weighted by molar-refractivity contribution is -0.152. The summed E-state index contributed by atoms with van der Waals surface area (Å²) in [5.74, 6) is 0.999. The first-order chi connectivity index (χ1) is 11.6. The molecule has 3 N–H and O–H groups in total. The number of aliphatic hydroxyl groups is 1. The molecular formula is C18H25NO5. The molecule has 0 heterocycles. The molecule has 0 saturated carbocycles. The summed E-state index contributed by atoms with van der Waals surface area (Å²) in [5.41, 5.74) is 0.203. The van der Waals surface area contributed by atoms with Gasteiger partial charge in [-0.05, 0) is 12.5 Å². The molecule has 2 atom stereocenters. The lowest BCUT2D eigenvalue weighted by Gasteiger charge is -2.23. The number of nitrogens with one attached hydrogen (secondary N) is 1. The summed E-state index contributed by atoms with van der Waals surface area (Å²) in [5, 5.41) is 23.7. The Kier molecular flexibility index (Phi) is 8.69. The van der Waals surface area contributed by atoms with Gasteiger partial charge >= 0.3 is 5.97 Å². The number of para-hydroxylation sites is 1. The summed E-state index contributed by atoms with van der Waals surface area (Å²) >= 11 is 0. The van der Waals surface area contributed by atoms with Crippen LogP contribution in [0.25, 0.3) is 0 Å². The first-order valence-electron chi connectivity index (χ1n) is 7.91. The van der Waals surface area contributed by atoms with E-state index in [0.717, 1.165) is 12.8 Å². The molecular weight excluding hydrogens is 310 g/mol. The third-order valence-electron chi connectivity index (χ3n) is 3.59. The van der Waals surface area contributed by atoms with Crippen molar-refractivity contribution in [3.05, 3.63) is 23.8 Å². The average Bonchev–Trinajstić information content (AvgIpc) is 2.58. The van der Waals surface area contributed by atoms with Gasteiger partial charge in [0.05, 0.1) is 32.3 Å². The second kappa shape index (κ2) is 10.5. The van der Waals surface area contributed by atoms with Crippen LogP contribution in [0.15, 0.2) is 18.2 Å². The predicted molar refractivity (Wildman–Crippen MR) is 90.7 cm³/mol. The number of aromatic hydroxyl groups is 1. The molecule has 0 aromatic heterocycles. The Morgan fingerprint density at radius 3 is 2.83 bits per heavy atom. The Labute approximate surface area is 142 Å². The summed E-state index contributed by atoms with van der Waals surface area (Å²) in [7, 11) is 1.41. The molecule has 0 amide bonds. The maximum atomic E-state index is 12.3. The third kappa shape index (κ3) is 5.44. The molecule has 0 radical (unpaired) electrons. The molecule has 1 aromatic carbocycles. The molecule has 1 rings (SSSR count). The lowest BCUT2D eigenvalue weighted by Crippen LogP contribution is -2.34. The number of carbonyl (C=O) groups excluding carboxylic acids is 1. The Hall–Kier alpha value is -2.23. The van der Waals surface area contributed by atoms with Crippen LogP contribution in [-0.4, -0.2) is 43.0 Å². The van der Waals surface area contributed by atoms with E-state index in [-0.39, 0.29) is 36.8 Å². The lowest BCUT2D eigenvalue weighted by atomic mass is 9.94. The van der Waals surface area contributed by atoms with Gasteiger partial charge in [0.2, 0.25) is 0 Å². The van der Waals surface area contributed by atoms with E-state index in [0.29, 0.717) is 0 Å². The van der Waals surface area contributed by atoms with Gasteiger partial charge in [-0.3, -0.25) is 4.79 Å². The number of hydrogen-bond donors (Lipinski definition) is 3. The van der Waals surface area contributed by atoms with Crippen LogP contribution in [0.2, 0.25) is 0 Å². The number of carbonyl (C=O) groups is 1. The zero-order chi connectivity index (χ0) is 17.9. The van der Waals surface area contributed by atoms with Gasteiger partial charge in [0.25, 0.3) is 0 Å². The number of unbranched alkanes of at least 4 members (excludes halogenated alkanes) is 1. The number of rotatable bonds is 10. The molecule has 132 valence electrons. The van der Waals surface area contributed by atoms with Gasteiger partial charge < -0.3 is 25.0 Å². The second-order valence-electron chi connectivity index (χ2n) is 5.31. The molecule has 0 aliphatic heterocycles. The minimum atomic E-state index is -1.25. The topological polar surface area (TPSA) is 88.0 Å². The van der Waals surface area contributed by atoms with Gasteiger partial charge in [-0.25, -0.2) is 0 Å². The first kappa shape index (κ1) is 19.8. The highest BCUT2D eigenvalue weighted by Gasteiger charge is 2.31. The average molecular weight is 335 g/mol. The number of phenolic OH excluding ortho intramolecular Hbond substituents is 1. The van der Waals surface area contributed by atoms with Gasteiger partial charge in [-0.2, -0.15) is 0 Å². The zero-order valence-electron chi connectivity index (χ0n) is 14.1. The molecule has 24 heavy (non-hydrogen) atoms. The molecule has 0 fully saturated rings. The fourth-order valence-corrected chi connectivity index (χ4v) is 2.21. The van der Waals surface area contributed by atoms with Crippen molar-refractivity contribution in [3.8, 4) is 23.8 Å². The normalized spacial score (nSPS) is 12.9. The number of aliphatic hydroxyl groups excluding tert-OH is 1. The zero-order valence-corrected chi connectivity index (χ0v) is 14.1. The van der Waals surface area contributed by atoms with Crippen molar-refractivity contribution < 1.29 is 24.5 Å². The SMILES string of the molecule is C#CCNCC(C(=O)OCCCC)C(O)c1cccc(OC)c1O. The van der Waals surface area contributed by atoms with Crippen molar-refractivity contribution in [1.29, 1.82) is 0 Å². The summed E-state index contributed by atoms with van der Waals surface area (Å²) in [6.45, 7) is 2.67. The maximum absolute atomic E-state index is 12.3. The van der Waals surface area contributed by atoms with Crippen LogP contribution in [0.5, 0.6) is 11.5 Å². The van der Waals surface area contributed by atoms with Crippen LogP contribution in [0, 0.1) is 18.3 Å². The molecule has 0 aliphatic rings. The molecule has 0 saturated heterocycles. The summed E-state index contributed by atoms with van der Waals surface area (Å²) < 4.78 is 10.2. The van der Waals surface area contributed by atoms with Crippen LogP contribution >= 0.6 is 0 Å². The number of methoxy groups -OCH3 is 1. The number of terminal acetylenes is 1. The van der Waals surface area contributed by atoms with Gasteiger partial charge in [0, 0.05) is 12.1 Å². The second-order valence-corrected chi connectivity index (χ2v) is 5.31. The molecule has 2 unspecified atom stereocenters. The van der Waals surface area contributed by atoms with Crippen molar-refractivity contribution in [2.75, 3.05) is 26.8 Å². The summed E-state index contributed by atoms with van der Waals surface area (Å²) in [4.78, 5) is 12.3. The van der Waals surface area contributed by atoms with Crippen molar-refractivity contribution in [2.45, 2.75) is 25.9 Å². The van der Waals surface area contributed by atoms with Gasteiger partial charge in [0.1, 0.15) is 0 Å². The third-order valence-corrected chi connectivity index (χ3v) is 3.59. The molecule has 0 spiro atoms. The van der Waals surface area contributed by atoms with E-state index in [1.807, 2.05) is 6.92 Å².